The Morgan fingerprint density at radius 3 is 1.98 bits per heavy atom. The summed E-state index contributed by atoms with van der Waals surface area (Å²) in [5.41, 5.74) is -2.68. The predicted octanol–water partition coefficient (Wildman–Crippen LogP) is 6.04. The molecule has 58 heavy (non-hydrogen) atoms. The SMILES string of the molecule is CC(C)(C)OC(=O)NC1CCN(C(=O)c2cn3c4cc5c(=O)c6ccccc6c(=O)c5cc4oc4c(N5CCCC(NC(=O)OC(C)(C)C)C5)c(F)cc(c2=O)c43)C1. The number of halogens is 1. The van der Waals surface area contributed by atoms with Crippen LogP contribution in [0.4, 0.5) is 19.7 Å². The highest BCUT2D eigenvalue weighted by atomic mass is 19.1. The Balaban J connectivity index is 1.29. The summed E-state index contributed by atoms with van der Waals surface area (Å²) >= 11 is 0. The summed E-state index contributed by atoms with van der Waals surface area (Å²) in [6, 6.07) is 9.70. The van der Waals surface area contributed by atoms with E-state index in [9.17, 15) is 28.8 Å². The van der Waals surface area contributed by atoms with Crippen molar-refractivity contribution in [1.29, 1.82) is 0 Å². The molecular weight excluding hydrogens is 749 g/mol. The van der Waals surface area contributed by atoms with Crippen molar-refractivity contribution in [3.63, 3.8) is 0 Å². The number of alkyl carbamates (subject to hydrolysis) is 2. The molecule has 0 saturated carbocycles. The number of rotatable bonds is 4. The Bertz CT molecular complexity index is 2870. The second-order valence-corrected chi connectivity index (χ2v) is 17.2. The van der Waals surface area contributed by atoms with Crippen molar-refractivity contribution in [2.45, 2.75) is 84.1 Å². The van der Waals surface area contributed by atoms with Gasteiger partial charge in [0, 0.05) is 60.0 Å². The molecule has 15 heteroatoms. The van der Waals surface area contributed by atoms with Crippen molar-refractivity contribution in [2.24, 2.45) is 0 Å². The maximum atomic E-state index is 16.7. The first-order chi connectivity index (χ1) is 27.4. The van der Waals surface area contributed by atoms with E-state index in [-0.39, 0.29) is 85.4 Å². The molecule has 0 bridgehead atoms. The molecular formula is C43H44FN5O9. The number of nitrogens with one attached hydrogen (secondary N) is 2. The van der Waals surface area contributed by atoms with E-state index in [1.54, 1.807) is 75.1 Å². The van der Waals surface area contributed by atoms with Crippen LogP contribution in [0.25, 0.3) is 49.1 Å². The number of benzene rings is 4. The lowest BCUT2D eigenvalue weighted by Gasteiger charge is -2.35. The first-order valence-corrected chi connectivity index (χ1v) is 19.4. The number of fused-ring (bicyclic) bond motifs is 4. The fraction of sp³-hybridized carbons (Fsp3) is 0.395. The maximum Gasteiger partial charge on any atom is 0.407 e. The third kappa shape index (κ3) is 7.02. The molecule has 6 aromatic rings. The van der Waals surface area contributed by atoms with E-state index in [4.69, 9.17) is 13.9 Å². The minimum absolute atomic E-state index is 0.0192. The van der Waals surface area contributed by atoms with E-state index >= 15 is 4.39 Å². The number of piperidine rings is 1. The monoisotopic (exact) mass is 793 g/mol. The number of aromatic nitrogens is 1. The van der Waals surface area contributed by atoms with Crippen LogP contribution in [0.1, 0.15) is 71.2 Å². The quantitative estimate of drug-likeness (QED) is 0.159. The molecule has 0 aliphatic carbocycles. The van der Waals surface area contributed by atoms with Crippen LogP contribution in [-0.4, -0.2) is 76.9 Å². The van der Waals surface area contributed by atoms with Gasteiger partial charge in [-0.25, -0.2) is 14.0 Å². The van der Waals surface area contributed by atoms with Gasteiger partial charge in [0.2, 0.25) is 5.43 Å². The second kappa shape index (κ2) is 14.0. The zero-order valence-electron chi connectivity index (χ0n) is 33.1. The predicted molar refractivity (Wildman–Crippen MR) is 218 cm³/mol. The fourth-order valence-corrected chi connectivity index (χ4v) is 8.12. The summed E-state index contributed by atoms with van der Waals surface area (Å²) in [6.45, 7) is 11.4. The first-order valence-electron chi connectivity index (χ1n) is 19.4. The lowest BCUT2D eigenvalue weighted by molar-refractivity contribution is 0.0490. The van der Waals surface area contributed by atoms with E-state index < -0.39 is 58.1 Å². The number of hydrogen-bond donors (Lipinski definition) is 2. The van der Waals surface area contributed by atoms with Gasteiger partial charge in [0.1, 0.15) is 28.0 Å². The van der Waals surface area contributed by atoms with E-state index in [0.717, 1.165) is 6.07 Å². The van der Waals surface area contributed by atoms with Crippen LogP contribution in [-0.2, 0) is 9.47 Å². The number of hydrogen-bond acceptors (Lipinski definition) is 10. The van der Waals surface area contributed by atoms with E-state index in [1.807, 2.05) is 0 Å². The number of carbonyl (C=O) groups is 3. The maximum absolute atomic E-state index is 16.7. The van der Waals surface area contributed by atoms with Crippen molar-refractivity contribution >= 4 is 72.9 Å². The zero-order valence-corrected chi connectivity index (χ0v) is 33.1. The standard InChI is InChI=1S/C43H44FN5O9/c1-42(2,3)57-40(54)45-22-10-9-14-47(19-22)34-30(44)16-28-33-38(34)56-32-18-27-26(35(50)24-11-7-8-12-25(24)36(27)51)17-31(32)49(33)21-29(37(28)52)39(53)48-15-13-23(20-48)46-41(55)58-43(4,5)6/h7-8,11-12,16-18,21-23H,9-10,13-15,19-20H2,1-6H3,(H,45,54)(H,46,55). The fourth-order valence-electron chi connectivity index (χ4n) is 8.12. The van der Waals surface area contributed by atoms with Crippen LogP contribution < -0.4 is 31.8 Å². The lowest BCUT2D eigenvalue weighted by atomic mass is 10.0. The summed E-state index contributed by atoms with van der Waals surface area (Å²) in [6.07, 6.45) is 1.73. The van der Waals surface area contributed by atoms with Crippen molar-refractivity contribution in [3.8, 4) is 0 Å². The number of carbonyl (C=O) groups excluding carboxylic acids is 3. The normalized spacial score (nSPS) is 17.8. The van der Waals surface area contributed by atoms with Gasteiger partial charge >= 0.3 is 12.2 Å². The van der Waals surface area contributed by atoms with Crippen LogP contribution in [0.5, 0.6) is 0 Å². The molecule has 4 aromatic carbocycles. The molecule has 2 aliphatic rings. The molecule has 0 radical (unpaired) electrons. The van der Waals surface area contributed by atoms with E-state index in [0.29, 0.717) is 25.8 Å². The molecule has 0 spiro atoms. The molecule has 14 nitrogen and oxygen atoms in total. The minimum Gasteiger partial charge on any atom is -0.451 e. The number of nitrogens with zero attached hydrogens (tertiary/aromatic N) is 3. The molecule has 4 heterocycles. The van der Waals surface area contributed by atoms with Crippen molar-refractivity contribution in [1.82, 2.24) is 19.9 Å². The second-order valence-electron chi connectivity index (χ2n) is 17.2. The number of amides is 3. The van der Waals surface area contributed by atoms with Crippen molar-refractivity contribution < 1.29 is 32.7 Å². The molecule has 2 aromatic heterocycles. The third-order valence-corrected chi connectivity index (χ3v) is 10.5. The van der Waals surface area contributed by atoms with Gasteiger partial charge in [-0.3, -0.25) is 19.2 Å². The first kappa shape index (κ1) is 38.6. The summed E-state index contributed by atoms with van der Waals surface area (Å²) in [5.74, 6) is -1.42. The molecule has 302 valence electrons. The average Bonchev–Trinajstić information content (AvgIpc) is 3.60. The molecule has 2 atom stereocenters. The number of pyridine rings is 1. The number of likely N-dealkylation sites (tertiary alicyclic amines) is 1. The van der Waals surface area contributed by atoms with Crippen LogP contribution in [0.3, 0.4) is 0 Å². The Morgan fingerprint density at radius 2 is 1.36 bits per heavy atom. The van der Waals surface area contributed by atoms with Gasteiger partial charge in [0.05, 0.1) is 16.9 Å². The van der Waals surface area contributed by atoms with Gasteiger partial charge in [0.15, 0.2) is 27.8 Å². The van der Waals surface area contributed by atoms with E-state index in [1.165, 1.54) is 23.2 Å². The van der Waals surface area contributed by atoms with E-state index in [2.05, 4.69) is 10.6 Å². The molecule has 3 amide bonds. The summed E-state index contributed by atoms with van der Waals surface area (Å²) < 4.78 is 35.6. The van der Waals surface area contributed by atoms with Gasteiger partial charge in [-0.2, -0.15) is 0 Å². The highest BCUT2D eigenvalue weighted by Gasteiger charge is 2.34. The highest BCUT2D eigenvalue weighted by Crippen LogP contribution is 2.38. The molecule has 2 N–H and O–H groups in total. The summed E-state index contributed by atoms with van der Waals surface area (Å²) in [4.78, 5) is 84.6. The summed E-state index contributed by atoms with van der Waals surface area (Å²) in [5, 5.41) is 6.21. The Morgan fingerprint density at radius 1 is 0.759 bits per heavy atom. The van der Waals surface area contributed by atoms with Crippen molar-refractivity contribution in [3.05, 3.63) is 90.7 Å². The lowest BCUT2D eigenvalue weighted by Crippen LogP contribution is -2.49. The smallest absolute Gasteiger partial charge is 0.407 e. The van der Waals surface area contributed by atoms with Gasteiger partial charge in [-0.15, -0.1) is 0 Å². The van der Waals surface area contributed by atoms with Crippen molar-refractivity contribution in [2.75, 3.05) is 31.1 Å². The van der Waals surface area contributed by atoms with Crippen LogP contribution in [0.2, 0.25) is 0 Å². The average molecular weight is 794 g/mol. The largest absolute Gasteiger partial charge is 0.451 e. The molecule has 2 aliphatic heterocycles. The topological polar surface area (TPSA) is 169 Å². The van der Waals surface area contributed by atoms with Crippen LogP contribution in [0.15, 0.2) is 67.5 Å². The molecule has 2 saturated heterocycles. The third-order valence-electron chi connectivity index (χ3n) is 10.5. The molecule has 2 fully saturated rings. The van der Waals surface area contributed by atoms with Crippen LogP contribution >= 0.6 is 0 Å². The Hall–Kier alpha value is -6.25. The van der Waals surface area contributed by atoms with Gasteiger partial charge in [-0.05, 0) is 79.0 Å². The minimum atomic E-state index is -0.793. The number of ether oxygens (including phenoxy) is 2. The van der Waals surface area contributed by atoms with Gasteiger partial charge < -0.3 is 38.7 Å². The summed E-state index contributed by atoms with van der Waals surface area (Å²) in [7, 11) is 0. The molecule has 2 unspecified atom stereocenters. The Kier molecular flexibility index (Phi) is 9.32. The van der Waals surface area contributed by atoms with Crippen LogP contribution in [0, 0.1) is 5.82 Å². The van der Waals surface area contributed by atoms with Gasteiger partial charge in [0.25, 0.3) is 5.91 Å². The highest BCUT2D eigenvalue weighted by molar-refractivity contribution is 6.08. The molecule has 8 rings (SSSR count). The zero-order chi connectivity index (χ0) is 41.4. The van der Waals surface area contributed by atoms with Gasteiger partial charge in [-0.1, -0.05) is 24.3 Å². The number of anilines is 1. The Labute approximate surface area is 330 Å².